The zero-order valence-electron chi connectivity index (χ0n) is 21.8. The third-order valence-electron chi connectivity index (χ3n) is 11.4. The van der Waals surface area contributed by atoms with Crippen LogP contribution in [-0.2, 0) is 0 Å². The number of allylic oxidation sites excluding steroid dienone is 4. The Morgan fingerprint density at radius 1 is 0.871 bits per heavy atom. The SMILES string of the molecule is CC(C)[C@@H](C)/C=C/[C@@H](C)[C@H]1CC[C@H]2C3=C(CC[C@]12C)[C@@]1(C)CC[C@H](O)C(C)(C)[C@@H]1CC3. The Bertz CT molecular complexity index is 742. The summed E-state index contributed by atoms with van der Waals surface area (Å²) in [4.78, 5) is 0. The van der Waals surface area contributed by atoms with Crippen LogP contribution in [-0.4, -0.2) is 11.2 Å². The van der Waals surface area contributed by atoms with E-state index in [9.17, 15) is 5.11 Å². The lowest BCUT2D eigenvalue weighted by Crippen LogP contribution is -2.53. The Labute approximate surface area is 193 Å². The molecule has 4 aliphatic rings. The van der Waals surface area contributed by atoms with Gasteiger partial charge in [0, 0.05) is 0 Å². The van der Waals surface area contributed by atoms with Gasteiger partial charge in [0.15, 0.2) is 0 Å². The van der Waals surface area contributed by atoms with Gasteiger partial charge in [0.2, 0.25) is 0 Å². The molecule has 0 bridgehead atoms. The van der Waals surface area contributed by atoms with Crippen LogP contribution in [0.2, 0.25) is 0 Å². The minimum absolute atomic E-state index is 0.0525. The Hall–Kier alpha value is -0.560. The van der Waals surface area contributed by atoms with Crippen LogP contribution in [0, 0.1) is 51.8 Å². The number of aliphatic hydroxyl groups is 1. The first kappa shape index (κ1) is 23.6. The van der Waals surface area contributed by atoms with Crippen molar-refractivity contribution in [2.45, 2.75) is 113 Å². The molecule has 0 heterocycles. The summed E-state index contributed by atoms with van der Waals surface area (Å²) in [5, 5.41) is 10.8. The maximum absolute atomic E-state index is 10.8. The molecule has 1 N–H and O–H groups in total. The smallest absolute Gasteiger partial charge is 0.0594 e. The Balaban J connectivity index is 1.60. The van der Waals surface area contributed by atoms with Crippen molar-refractivity contribution in [3.05, 3.63) is 23.3 Å². The van der Waals surface area contributed by atoms with E-state index in [-0.39, 0.29) is 11.5 Å². The molecule has 4 aliphatic carbocycles. The molecule has 0 amide bonds. The summed E-state index contributed by atoms with van der Waals surface area (Å²) in [6.07, 6.45) is 15.2. The Kier molecular flexibility index (Phi) is 6.11. The zero-order valence-corrected chi connectivity index (χ0v) is 21.8. The minimum atomic E-state index is -0.127. The highest BCUT2D eigenvalue weighted by atomic mass is 16.3. The van der Waals surface area contributed by atoms with Gasteiger partial charge in [-0.1, -0.05) is 78.7 Å². The fraction of sp³-hybridized carbons (Fsp3) is 0.867. The fourth-order valence-electron chi connectivity index (χ4n) is 8.90. The van der Waals surface area contributed by atoms with Crippen LogP contribution in [0.15, 0.2) is 23.3 Å². The topological polar surface area (TPSA) is 20.2 Å². The quantitative estimate of drug-likeness (QED) is 0.449. The molecule has 0 unspecified atom stereocenters. The van der Waals surface area contributed by atoms with Crippen LogP contribution in [0.4, 0.5) is 0 Å². The molecule has 176 valence electrons. The van der Waals surface area contributed by atoms with Gasteiger partial charge < -0.3 is 5.11 Å². The van der Waals surface area contributed by atoms with Gasteiger partial charge in [0.05, 0.1) is 6.10 Å². The van der Waals surface area contributed by atoms with E-state index in [1.165, 1.54) is 44.9 Å². The number of rotatable bonds is 4. The van der Waals surface area contributed by atoms with Crippen LogP contribution >= 0.6 is 0 Å². The number of hydrogen-bond donors (Lipinski definition) is 1. The molecule has 1 heteroatoms. The average molecular weight is 427 g/mol. The molecular formula is C30H50O. The summed E-state index contributed by atoms with van der Waals surface area (Å²) < 4.78 is 0. The van der Waals surface area contributed by atoms with Gasteiger partial charge in [-0.15, -0.1) is 0 Å². The molecular weight excluding hydrogens is 376 g/mol. The Morgan fingerprint density at radius 2 is 1.58 bits per heavy atom. The number of hydrogen-bond acceptors (Lipinski definition) is 1. The number of fused-ring (bicyclic) bond motifs is 4. The van der Waals surface area contributed by atoms with Crippen molar-refractivity contribution in [3.63, 3.8) is 0 Å². The van der Waals surface area contributed by atoms with Gasteiger partial charge in [-0.3, -0.25) is 0 Å². The third kappa shape index (κ3) is 3.60. The first-order valence-corrected chi connectivity index (χ1v) is 13.5. The normalized spacial score (nSPS) is 44.2. The molecule has 0 aliphatic heterocycles. The molecule has 2 saturated carbocycles. The third-order valence-corrected chi connectivity index (χ3v) is 11.4. The van der Waals surface area contributed by atoms with E-state index < -0.39 is 0 Å². The molecule has 0 spiro atoms. The highest BCUT2D eigenvalue weighted by Crippen LogP contribution is 2.67. The maximum Gasteiger partial charge on any atom is 0.0594 e. The lowest BCUT2D eigenvalue weighted by atomic mass is 9.46. The van der Waals surface area contributed by atoms with Gasteiger partial charge in [-0.05, 0) is 103 Å². The second-order valence-corrected chi connectivity index (χ2v) is 13.5. The van der Waals surface area contributed by atoms with Crippen LogP contribution < -0.4 is 0 Å². The molecule has 0 aromatic carbocycles. The van der Waals surface area contributed by atoms with Crippen LogP contribution in [0.1, 0.15) is 107 Å². The zero-order chi connectivity index (χ0) is 22.8. The summed E-state index contributed by atoms with van der Waals surface area (Å²) in [6, 6.07) is 0. The molecule has 1 nitrogen and oxygen atoms in total. The summed E-state index contributed by atoms with van der Waals surface area (Å²) in [7, 11) is 0. The molecule has 4 rings (SSSR count). The van der Waals surface area contributed by atoms with E-state index in [0.29, 0.717) is 28.6 Å². The van der Waals surface area contributed by atoms with E-state index in [1.807, 2.05) is 11.1 Å². The van der Waals surface area contributed by atoms with Crippen molar-refractivity contribution in [2.75, 3.05) is 0 Å². The van der Waals surface area contributed by atoms with Gasteiger partial charge >= 0.3 is 0 Å². The van der Waals surface area contributed by atoms with Gasteiger partial charge in [0.1, 0.15) is 0 Å². The van der Waals surface area contributed by atoms with Gasteiger partial charge in [-0.25, -0.2) is 0 Å². The average Bonchev–Trinajstić information content (AvgIpc) is 3.06. The van der Waals surface area contributed by atoms with Crippen molar-refractivity contribution >= 4 is 0 Å². The molecule has 8 atom stereocenters. The van der Waals surface area contributed by atoms with E-state index >= 15 is 0 Å². The predicted octanol–water partition coefficient (Wildman–Crippen LogP) is 8.19. The standard InChI is InChI=1S/C30H50O/c1-19(2)20(3)9-10-21(4)23-12-13-24-22-11-14-26-28(5,6)27(31)16-18-30(26,8)25(22)15-17-29(23,24)7/h9-10,19-21,23-24,26-27,31H,11-18H2,1-8H3/b10-9+/t20-,21+,23+,24-,26-,27-,29+,30+/m0/s1. The van der Waals surface area contributed by atoms with Crippen LogP contribution in [0.5, 0.6) is 0 Å². The van der Waals surface area contributed by atoms with Crippen molar-refractivity contribution < 1.29 is 5.11 Å². The Morgan fingerprint density at radius 3 is 2.26 bits per heavy atom. The fourth-order valence-corrected chi connectivity index (χ4v) is 8.90. The maximum atomic E-state index is 10.8. The van der Waals surface area contributed by atoms with Gasteiger partial charge in [0.25, 0.3) is 0 Å². The van der Waals surface area contributed by atoms with Gasteiger partial charge in [-0.2, -0.15) is 0 Å². The molecule has 0 radical (unpaired) electrons. The first-order valence-electron chi connectivity index (χ1n) is 13.5. The number of aliphatic hydroxyl groups excluding tert-OH is 1. The van der Waals surface area contributed by atoms with E-state index in [4.69, 9.17) is 0 Å². The van der Waals surface area contributed by atoms with E-state index in [2.05, 4.69) is 67.5 Å². The highest BCUT2D eigenvalue weighted by Gasteiger charge is 2.58. The van der Waals surface area contributed by atoms with Crippen molar-refractivity contribution in [1.29, 1.82) is 0 Å². The second-order valence-electron chi connectivity index (χ2n) is 13.5. The van der Waals surface area contributed by atoms with Crippen LogP contribution in [0.3, 0.4) is 0 Å². The molecule has 31 heavy (non-hydrogen) atoms. The van der Waals surface area contributed by atoms with Crippen molar-refractivity contribution in [2.24, 2.45) is 51.8 Å². The monoisotopic (exact) mass is 426 g/mol. The highest BCUT2D eigenvalue weighted by molar-refractivity contribution is 5.35. The van der Waals surface area contributed by atoms with Crippen LogP contribution in [0.25, 0.3) is 0 Å². The lowest BCUT2D eigenvalue weighted by Gasteiger charge is -2.60. The molecule has 2 fully saturated rings. The molecule has 0 aromatic heterocycles. The van der Waals surface area contributed by atoms with E-state index in [1.54, 1.807) is 0 Å². The summed E-state index contributed by atoms with van der Waals surface area (Å²) in [5.74, 6) is 4.38. The minimum Gasteiger partial charge on any atom is -0.393 e. The van der Waals surface area contributed by atoms with Crippen molar-refractivity contribution in [1.82, 2.24) is 0 Å². The summed E-state index contributed by atoms with van der Waals surface area (Å²) >= 11 is 0. The molecule has 0 aromatic rings. The summed E-state index contributed by atoms with van der Waals surface area (Å²) in [5.41, 5.74) is 4.60. The second kappa shape index (κ2) is 8.03. The largest absolute Gasteiger partial charge is 0.393 e. The predicted molar refractivity (Wildman–Crippen MR) is 133 cm³/mol. The van der Waals surface area contributed by atoms with E-state index in [0.717, 1.165) is 24.2 Å². The summed E-state index contributed by atoms with van der Waals surface area (Å²) in [6.45, 7) is 19.5. The first-order chi connectivity index (χ1) is 14.4. The lowest BCUT2D eigenvalue weighted by molar-refractivity contribution is -0.0930. The molecule has 0 saturated heterocycles. The van der Waals surface area contributed by atoms with Crippen molar-refractivity contribution in [3.8, 4) is 0 Å².